The zero-order valence-electron chi connectivity index (χ0n) is 26.0. The predicted molar refractivity (Wildman–Crippen MR) is 151 cm³/mol. The molecule has 0 saturated carbocycles. The Balaban J connectivity index is 4.79. The lowest BCUT2D eigenvalue weighted by Gasteiger charge is -2.36. The highest BCUT2D eigenvalue weighted by Crippen LogP contribution is 2.30. The van der Waals surface area contributed by atoms with Crippen molar-refractivity contribution in [2.24, 2.45) is 5.92 Å². The molecule has 0 spiro atoms. The standard InChI is InChI=1S/C30H61NO5/c1-13-15-16-25(14-2)30(11,12)34-20-18-29(9,10)36-23-26(31-21-24(3)32)22-35-28(7,8)17-19-33-27(4,5)6/h25-26,31H,13-23H2,1-12H3. The summed E-state index contributed by atoms with van der Waals surface area (Å²) in [6, 6.07) is -0.0770. The fourth-order valence-electron chi connectivity index (χ4n) is 4.03. The fraction of sp³-hybridized carbons (Fsp3) is 0.967. The van der Waals surface area contributed by atoms with Crippen molar-refractivity contribution in [1.29, 1.82) is 0 Å². The van der Waals surface area contributed by atoms with Crippen molar-refractivity contribution in [3.05, 3.63) is 0 Å². The number of unbranched alkanes of at least 4 members (excludes halogenated alkanes) is 1. The van der Waals surface area contributed by atoms with Crippen LogP contribution in [-0.2, 0) is 23.7 Å². The Hall–Kier alpha value is -0.530. The second kappa shape index (κ2) is 16.4. The first kappa shape index (κ1) is 35.5. The number of rotatable bonds is 21. The van der Waals surface area contributed by atoms with Gasteiger partial charge in [0.1, 0.15) is 5.78 Å². The van der Waals surface area contributed by atoms with E-state index >= 15 is 0 Å². The molecule has 36 heavy (non-hydrogen) atoms. The van der Waals surface area contributed by atoms with Crippen molar-refractivity contribution in [3.8, 4) is 0 Å². The Morgan fingerprint density at radius 3 is 1.69 bits per heavy atom. The van der Waals surface area contributed by atoms with Crippen LogP contribution >= 0.6 is 0 Å². The van der Waals surface area contributed by atoms with E-state index in [1.807, 2.05) is 0 Å². The highest BCUT2D eigenvalue weighted by Gasteiger charge is 2.30. The summed E-state index contributed by atoms with van der Waals surface area (Å²) in [5, 5.41) is 3.31. The highest BCUT2D eigenvalue weighted by atomic mass is 16.5. The third kappa shape index (κ3) is 17.8. The van der Waals surface area contributed by atoms with E-state index in [-0.39, 0.29) is 34.2 Å². The van der Waals surface area contributed by atoms with Gasteiger partial charge in [0.2, 0.25) is 0 Å². The average Bonchev–Trinajstić information content (AvgIpc) is 2.71. The van der Waals surface area contributed by atoms with Gasteiger partial charge in [-0.05, 0) is 94.4 Å². The van der Waals surface area contributed by atoms with E-state index in [0.29, 0.717) is 38.9 Å². The molecule has 6 heteroatoms. The van der Waals surface area contributed by atoms with E-state index < -0.39 is 0 Å². The van der Waals surface area contributed by atoms with Gasteiger partial charge < -0.3 is 24.3 Å². The molecular formula is C30H61NO5. The second-order valence-electron chi connectivity index (χ2n) is 13.1. The van der Waals surface area contributed by atoms with Crippen LogP contribution in [0, 0.1) is 5.92 Å². The maximum atomic E-state index is 11.6. The van der Waals surface area contributed by atoms with Crippen LogP contribution in [0.5, 0.6) is 0 Å². The summed E-state index contributed by atoms with van der Waals surface area (Å²) >= 11 is 0. The molecule has 0 rings (SSSR count). The molecule has 0 aliphatic heterocycles. The van der Waals surface area contributed by atoms with Crippen LogP contribution in [0.4, 0.5) is 0 Å². The Kier molecular flexibility index (Phi) is 16.2. The van der Waals surface area contributed by atoms with E-state index in [1.54, 1.807) is 6.92 Å². The number of Topliss-reactive ketones (excluding diaryl/α,β-unsaturated/α-hetero) is 1. The summed E-state index contributed by atoms with van der Waals surface area (Å²) in [6.45, 7) is 27.6. The van der Waals surface area contributed by atoms with Gasteiger partial charge in [-0.1, -0.05) is 33.1 Å². The number of ether oxygens (including phenoxy) is 4. The van der Waals surface area contributed by atoms with E-state index in [4.69, 9.17) is 18.9 Å². The maximum absolute atomic E-state index is 11.6. The lowest BCUT2D eigenvalue weighted by Crippen LogP contribution is -2.45. The molecule has 0 saturated heterocycles. The molecule has 6 nitrogen and oxygen atoms in total. The molecule has 0 fully saturated rings. The largest absolute Gasteiger partial charge is 0.376 e. The topological polar surface area (TPSA) is 66.0 Å². The minimum atomic E-state index is -0.340. The van der Waals surface area contributed by atoms with Gasteiger partial charge in [-0.2, -0.15) is 0 Å². The zero-order chi connectivity index (χ0) is 28.0. The van der Waals surface area contributed by atoms with Gasteiger partial charge in [0.15, 0.2) is 0 Å². The van der Waals surface area contributed by atoms with Gasteiger partial charge in [-0.25, -0.2) is 0 Å². The molecule has 1 N–H and O–H groups in total. The number of ketones is 1. The molecular weight excluding hydrogens is 454 g/mol. The van der Waals surface area contributed by atoms with E-state index in [9.17, 15) is 4.79 Å². The second-order valence-corrected chi connectivity index (χ2v) is 13.1. The molecule has 2 unspecified atom stereocenters. The molecule has 0 amide bonds. The lowest BCUT2D eigenvalue weighted by molar-refractivity contribution is -0.117. The highest BCUT2D eigenvalue weighted by molar-refractivity contribution is 5.77. The first-order valence-electron chi connectivity index (χ1n) is 14.2. The minimum absolute atomic E-state index is 0.0770. The van der Waals surface area contributed by atoms with Crippen LogP contribution in [0.15, 0.2) is 0 Å². The van der Waals surface area contributed by atoms with Gasteiger partial charge in [0.05, 0.1) is 54.8 Å². The van der Waals surface area contributed by atoms with Gasteiger partial charge in [0.25, 0.3) is 0 Å². The molecule has 0 radical (unpaired) electrons. The van der Waals surface area contributed by atoms with Gasteiger partial charge in [-0.15, -0.1) is 0 Å². The van der Waals surface area contributed by atoms with Crippen LogP contribution in [0.1, 0.15) is 122 Å². The summed E-state index contributed by atoms with van der Waals surface area (Å²) in [5.74, 6) is 0.664. The summed E-state index contributed by atoms with van der Waals surface area (Å²) < 4.78 is 24.8. The van der Waals surface area contributed by atoms with Crippen LogP contribution in [0.2, 0.25) is 0 Å². The van der Waals surface area contributed by atoms with E-state index in [0.717, 1.165) is 19.3 Å². The predicted octanol–water partition coefficient (Wildman–Crippen LogP) is 6.73. The number of nitrogens with one attached hydrogen (secondary N) is 1. The fourth-order valence-corrected chi connectivity index (χ4v) is 4.03. The molecule has 216 valence electrons. The Labute approximate surface area is 223 Å². The number of carbonyl (C=O) groups excluding carboxylic acids is 1. The monoisotopic (exact) mass is 515 g/mol. The SMILES string of the molecule is CCCCC(CC)C(C)(C)OCCC(C)(C)OCC(COC(C)(C)CCOC(C)(C)C)NCC(C)=O. The molecule has 0 aliphatic rings. The van der Waals surface area contributed by atoms with Gasteiger partial charge in [0, 0.05) is 6.61 Å². The molecule has 0 aromatic carbocycles. The molecule has 2 atom stereocenters. The third-order valence-electron chi connectivity index (χ3n) is 6.79. The lowest BCUT2D eigenvalue weighted by atomic mass is 9.84. The smallest absolute Gasteiger partial charge is 0.143 e. The summed E-state index contributed by atoms with van der Waals surface area (Å²) in [4.78, 5) is 11.6. The average molecular weight is 516 g/mol. The van der Waals surface area contributed by atoms with Crippen LogP contribution in [0.25, 0.3) is 0 Å². The minimum Gasteiger partial charge on any atom is -0.376 e. The van der Waals surface area contributed by atoms with Crippen molar-refractivity contribution >= 4 is 5.78 Å². The van der Waals surface area contributed by atoms with Crippen molar-refractivity contribution in [2.45, 2.75) is 150 Å². The number of hydrogen-bond acceptors (Lipinski definition) is 6. The Bertz CT molecular complexity index is 595. The van der Waals surface area contributed by atoms with Crippen LogP contribution in [0.3, 0.4) is 0 Å². The van der Waals surface area contributed by atoms with Gasteiger partial charge >= 0.3 is 0 Å². The zero-order valence-corrected chi connectivity index (χ0v) is 26.0. The molecule has 0 aliphatic carbocycles. The molecule has 0 aromatic heterocycles. The van der Waals surface area contributed by atoms with E-state index in [1.165, 1.54) is 19.3 Å². The third-order valence-corrected chi connectivity index (χ3v) is 6.79. The number of carbonyl (C=O) groups is 1. The molecule has 0 heterocycles. The maximum Gasteiger partial charge on any atom is 0.143 e. The van der Waals surface area contributed by atoms with Crippen molar-refractivity contribution < 1.29 is 23.7 Å². The van der Waals surface area contributed by atoms with Crippen molar-refractivity contribution in [3.63, 3.8) is 0 Å². The summed E-state index contributed by atoms with van der Waals surface area (Å²) in [7, 11) is 0. The first-order chi connectivity index (χ1) is 16.4. The molecule has 0 bridgehead atoms. The van der Waals surface area contributed by atoms with Crippen molar-refractivity contribution in [2.75, 3.05) is 33.0 Å². The van der Waals surface area contributed by atoms with Crippen LogP contribution < -0.4 is 5.32 Å². The van der Waals surface area contributed by atoms with Gasteiger partial charge in [-0.3, -0.25) is 4.79 Å². The van der Waals surface area contributed by atoms with E-state index in [2.05, 4.69) is 81.5 Å². The normalized spacial score (nSPS) is 15.2. The first-order valence-corrected chi connectivity index (χ1v) is 14.2. The van der Waals surface area contributed by atoms with Crippen molar-refractivity contribution in [1.82, 2.24) is 5.32 Å². The summed E-state index contributed by atoms with van der Waals surface area (Å²) in [5.41, 5.74) is -0.966. The Morgan fingerprint density at radius 2 is 1.28 bits per heavy atom. The molecule has 0 aromatic rings. The summed E-state index contributed by atoms with van der Waals surface area (Å²) in [6.07, 6.45) is 6.41. The number of hydrogen-bond donors (Lipinski definition) is 1. The quantitative estimate of drug-likeness (QED) is 0.183. The Morgan fingerprint density at radius 1 is 0.778 bits per heavy atom. The van der Waals surface area contributed by atoms with Crippen LogP contribution in [-0.4, -0.2) is 67.2 Å².